The monoisotopic (exact) mass is 339 g/mol. The smallest absolute Gasteiger partial charge is 0.277 e. The van der Waals surface area contributed by atoms with Gasteiger partial charge in [-0.15, -0.1) is 0 Å². The van der Waals surface area contributed by atoms with E-state index < -0.39 is 0 Å². The number of fused-ring (bicyclic) bond motifs is 3. The second kappa shape index (κ2) is 5.69. The van der Waals surface area contributed by atoms with Crippen LogP contribution in [0.5, 0.6) is 5.75 Å². The highest BCUT2D eigenvalue weighted by molar-refractivity contribution is 6.31. The van der Waals surface area contributed by atoms with Gasteiger partial charge < -0.3 is 9.72 Å². The van der Waals surface area contributed by atoms with Crippen molar-refractivity contribution >= 4 is 33.5 Å². The van der Waals surface area contributed by atoms with Gasteiger partial charge in [0.2, 0.25) is 0 Å². The first-order valence-corrected chi connectivity index (χ1v) is 7.83. The second-order valence-electron chi connectivity index (χ2n) is 5.53. The Morgan fingerprint density at radius 3 is 2.92 bits per heavy atom. The molecule has 0 bridgehead atoms. The fourth-order valence-corrected chi connectivity index (χ4v) is 3.06. The lowest BCUT2D eigenvalue weighted by molar-refractivity contribution is 0.408. The summed E-state index contributed by atoms with van der Waals surface area (Å²) in [5.41, 5.74) is 2.74. The molecule has 1 N–H and O–H groups in total. The van der Waals surface area contributed by atoms with E-state index in [0.717, 1.165) is 22.2 Å². The lowest BCUT2D eigenvalue weighted by Gasteiger charge is -2.09. The first-order chi connectivity index (χ1) is 11.7. The number of methoxy groups -OCH3 is 1. The van der Waals surface area contributed by atoms with Gasteiger partial charge in [-0.2, -0.15) is 0 Å². The molecule has 0 aliphatic heterocycles. The molecule has 2 heterocycles. The molecule has 0 aliphatic carbocycles. The number of benzene rings is 2. The fraction of sp³-hybridized carbons (Fsp3) is 0.111. The van der Waals surface area contributed by atoms with Crippen LogP contribution in [0.4, 0.5) is 0 Å². The van der Waals surface area contributed by atoms with E-state index in [2.05, 4.69) is 9.97 Å². The molecular formula is C18H14ClN3O2. The predicted molar refractivity (Wildman–Crippen MR) is 95.0 cm³/mol. The maximum absolute atomic E-state index is 12.8. The van der Waals surface area contributed by atoms with Crippen molar-refractivity contribution in [1.82, 2.24) is 14.5 Å². The van der Waals surface area contributed by atoms with Gasteiger partial charge in [0.25, 0.3) is 5.56 Å². The quantitative estimate of drug-likeness (QED) is 0.620. The Morgan fingerprint density at radius 2 is 2.08 bits per heavy atom. The molecule has 6 heteroatoms. The second-order valence-corrected chi connectivity index (χ2v) is 5.96. The van der Waals surface area contributed by atoms with E-state index in [4.69, 9.17) is 16.3 Å². The number of rotatable bonds is 3. The minimum absolute atomic E-state index is 0.127. The van der Waals surface area contributed by atoms with Gasteiger partial charge in [0, 0.05) is 21.5 Å². The number of hydrogen-bond donors (Lipinski definition) is 1. The molecule has 0 saturated heterocycles. The summed E-state index contributed by atoms with van der Waals surface area (Å²) >= 11 is 6.05. The largest absolute Gasteiger partial charge is 0.496 e. The number of nitrogens with one attached hydrogen (secondary N) is 1. The first kappa shape index (κ1) is 14.8. The summed E-state index contributed by atoms with van der Waals surface area (Å²) < 4.78 is 6.91. The maximum atomic E-state index is 12.8. The zero-order valence-electron chi connectivity index (χ0n) is 12.9. The molecule has 0 unspecified atom stereocenters. The molecule has 4 aromatic rings. The van der Waals surface area contributed by atoms with Crippen LogP contribution in [0.25, 0.3) is 21.9 Å². The number of aromatic nitrogens is 3. The predicted octanol–water partition coefficient (Wildman–Crippen LogP) is 3.59. The minimum atomic E-state index is -0.127. The van der Waals surface area contributed by atoms with Gasteiger partial charge >= 0.3 is 0 Å². The van der Waals surface area contributed by atoms with Crippen molar-refractivity contribution in [3.63, 3.8) is 0 Å². The summed E-state index contributed by atoms with van der Waals surface area (Å²) in [7, 11) is 1.62. The lowest BCUT2D eigenvalue weighted by atomic mass is 10.2. The van der Waals surface area contributed by atoms with Crippen LogP contribution < -0.4 is 10.3 Å². The summed E-state index contributed by atoms with van der Waals surface area (Å²) in [6.07, 6.45) is 1.56. The highest BCUT2D eigenvalue weighted by Crippen LogP contribution is 2.25. The molecule has 24 heavy (non-hydrogen) atoms. The van der Waals surface area contributed by atoms with E-state index in [-0.39, 0.29) is 5.56 Å². The molecule has 0 fully saturated rings. The van der Waals surface area contributed by atoms with Gasteiger partial charge in [0.05, 0.1) is 20.0 Å². The van der Waals surface area contributed by atoms with E-state index in [1.54, 1.807) is 24.1 Å². The van der Waals surface area contributed by atoms with Gasteiger partial charge in [-0.05, 0) is 24.3 Å². The van der Waals surface area contributed by atoms with E-state index in [9.17, 15) is 4.79 Å². The van der Waals surface area contributed by atoms with Crippen LogP contribution in [-0.4, -0.2) is 21.6 Å². The van der Waals surface area contributed by atoms with Crippen LogP contribution in [0.2, 0.25) is 5.02 Å². The number of H-pyrrole nitrogens is 1. The van der Waals surface area contributed by atoms with Crippen molar-refractivity contribution < 1.29 is 4.74 Å². The first-order valence-electron chi connectivity index (χ1n) is 7.45. The van der Waals surface area contributed by atoms with Crippen LogP contribution in [0.1, 0.15) is 5.56 Å². The molecule has 4 rings (SSSR count). The van der Waals surface area contributed by atoms with Crippen molar-refractivity contribution in [3.8, 4) is 5.75 Å². The van der Waals surface area contributed by atoms with E-state index in [1.165, 1.54) is 0 Å². The van der Waals surface area contributed by atoms with Crippen LogP contribution in [0.3, 0.4) is 0 Å². The third kappa shape index (κ3) is 2.34. The number of para-hydroxylation sites is 1. The van der Waals surface area contributed by atoms with Crippen LogP contribution in [0, 0.1) is 0 Å². The molecule has 0 saturated carbocycles. The molecule has 0 aliphatic rings. The van der Waals surface area contributed by atoms with E-state index in [1.807, 2.05) is 36.4 Å². The zero-order chi connectivity index (χ0) is 16.7. The highest BCUT2D eigenvalue weighted by Gasteiger charge is 2.12. The van der Waals surface area contributed by atoms with Gasteiger partial charge in [0.1, 0.15) is 16.8 Å². The topological polar surface area (TPSA) is 59.9 Å². The van der Waals surface area contributed by atoms with Crippen LogP contribution in [0.15, 0.2) is 53.6 Å². The van der Waals surface area contributed by atoms with E-state index in [0.29, 0.717) is 22.6 Å². The van der Waals surface area contributed by atoms with Crippen LogP contribution in [-0.2, 0) is 6.54 Å². The zero-order valence-corrected chi connectivity index (χ0v) is 13.7. The minimum Gasteiger partial charge on any atom is -0.496 e. The SMILES string of the molecule is COc1ccccc1Cn1cnc2c([nH]c3ccc(Cl)cc32)c1=O. The summed E-state index contributed by atoms with van der Waals surface area (Å²) in [5, 5.41) is 1.46. The average molecular weight is 340 g/mol. The molecule has 5 nitrogen and oxygen atoms in total. The Bertz CT molecular complexity index is 1110. The van der Waals surface area contributed by atoms with Crippen molar-refractivity contribution in [2.45, 2.75) is 6.54 Å². The van der Waals surface area contributed by atoms with Crippen molar-refractivity contribution in [3.05, 3.63) is 69.7 Å². The van der Waals surface area contributed by atoms with Crippen LogP contribution >= 0.6 is 11.6 Å². The normalized spacial score (nSPS) is 11.2. The Morgan fingerprint density at radius 1 is 1.25 bits per heavy atom. The van der Waals surface area contributed by atoms with Crippen molar-refractivity contribution in [2.24, 2.45) is 0 Å². The Hall–Kier alpha value is -2.79. The van der Waals surface area contributed by atoms with Gasteiger partial charge in [-0.3, -0.25) is 9.36 Å². The number of hydrogen-bond acceptors (Lipinski definition) is 3. The Balaban J connectivity index is 1.87. The summed E-state index contributed by atoms with van der Waals surface area (Å²) in [5.74, 6) is 0.743. The third-order valence-corrected chi connectivity index (χ3v) is 4.30. The third-order valence-electron chi connectivity index (χ3n) is 4.07. The standard InChI is InChI=1S/C18H14ClN3O2/c1-24-15-5-3-2-4-11(15)9-22-10-20-16-13-8-12(19)6-7-14(13)21-17(16)18(22)23/h2-8,10,21H,9H2,1H3. The van der Waals surface area contributed by atoms with Crippen molar-refractivity contribution in [2.75, 3.05) is 7.11 Å². The Kier molecular flexibility index (Phi) is 3.50. The van der Waals surface area contributed by atoms with Gasteiger partial charge in [-0.25, -0.2) is 4.98 Å². The van der Waals surface area contributed by atoms with E-state index >= 15 is 0 Å². The van der Waals surface area contributed by atoms with Gasteiger partial charge in [-0.1, -0.05) is 29.8 Å². The molecule has 0 amide bonds. The number of halogens is 1. The lowest BCUT2D eigenvalue weighted by Crippen LogP contribution is -2.21. The molecule has 0 spiro atoms. The summed E-state index contributed by atoms with van der Waals surface area (Å²) in [4.78, 5) is 20.4. The molecule has 0 atom stereocenters. The average Bonchev–Trinajstić information content (AvgIpc) is 2.96. The molecular weight excluding hydrogens is 326 g/mol. The molecule has 120 valence electrons. The maximum Gasteiger partial charge on any atom is 0.277 e. The Labute approximate surface area is 142 Å². The van der Waals surface area contributed by atoms with Crippen molar-refractivity contribution in [1.29, 1.82) is 0 Å². The number of ether oxygens (including phenoxy) is 1. The summed E-state index contributed by atoms with van der Waals surface area (Å²) in [6.45, 7) is 0.391. The number of aromatic amines is 1. The fourth-order valence-electron chi connectivity index (χ4n) is 2.89. The number of nitrogens with zero attached hydrogens (tertiary/aromatic N) is 2. The molecule has 2 aromatic heterocycles. The molecule has 0 radical (unpaired) electrons. The van der Waals surface area contributed by atoms with Gasteiger partial charge in [0.15, 0.2) is 0 Å². The summed E-state index contributed by atoms with van der Waals surface area (Å²) in [6, 6.07) is 13.1. The molecule has 2 aromatic carbocycles. The highest BCUT2D eigenvalue weighted by atomic mass is 35.5.